The number of nitrogens with zero attached hydrogens (tertiary/aromatic N) is 3. The van der Waals surface area contributed by atoms with Gasteiger partial charge < -0.3 is 25.0 Å². The first-order valence-electron chi connectivity index (χ1n) is 13.0. The van der Waals surface area contributed by atoms with Crippen LogP contribution in [0.2, 0.25) is 5.02 Å². The molecule has 5 rings (SSSR count). The molecule has 0 aliphatic heterocycles. The Morgan fingerprint density at radius 1 is 1.21 bits per heavy atom. The maximum atomic E-state index is 12.1. The van der Waals surface area contributed by atoms with Crippen molar-refractivity contribution in [3.05, 3.63) is 66.1 Å². The third kappa shape index (κ3) is 7.65. The maximum Gasteiger partial charge on any atom is 0.222 e. The molecule has 0 atom stereocenters. The summed E-state index contributed by atoms with van der Waals surface area (Å²) in [4.78, 5) is 22.1. The highest BCUT2D eigenvalue weighted by atomic mass is 35.5. The summed E-state index contributed by atoms with van der Waals surface area (Å²) in [6, 6.07) is 15.5. The molecule has 1 aliphatic rings. The molecule has 1 amide bonds. The van der Waals surface area contributed by atoms with Crippen molar-refractivity contribution in [1.29, 1.82) is 0 Å². The van der Waals surface area contributed by atoms with Crippen LogP contribution in [0.15, 0.2) is 66.0 Å². The highest BCUT2D eigenvalue weighted by molar-refractivity contribution is 7.99. The molecule has 0 bridgehead atoms. The van der Waals surface area contributed by atoms with E-state index in [9.17, 15) is 9.90 Å². The Hall–Kier alpha value is -3.27. The van der Waals surface area contributed by atoms with Crippen LogP contribution < -0.4 is 15.4 Å². The van der Waals surface area contributed by atoms with Gasteiger partial charge in [0.15, 0.2) is 5.82 Å². The van der Waals surface area contributed by atoms with E-state index in [1.807, 2.05) is 52.9 Å². The van der Waals surface area contributed by atoms with Gasteiger partial charge in [-0.2, -0.15) is 0 Å². The third-order valence-corrected chi connectivity index (χ3v) is 7.75. The Labute approximate surface area is 237 Å². The fourth-order valence-corrected chi connectivity index (χ4v) is 5.49. The van der Waals surface area contributed by atoms with Crippen molar-refractivity contribution < 1.29 is 14.6 Å². The molecule has 2 aromatic heterocycles. The first-order chi connectivity index (χ1) is 18.7. The smallest absolute Gasteiger partial charge is 0.222 e. The Morgan fingerprint density at radius 2 is 2.05 bits per heavy atom. The molecule has 0 radical (unpaired) electrons. The molecule has 3 N–H and O–H groups in total. The van der Waals surface area contributed by atoms with Crippen LogP contribution in [0.4, 0.5) is 11.5 Å². The normalized spacial score (nSPS) is 13.4. The lowest BCUT2D eigenvalue weighted by molar-refractivity contribution is -0.124. The molecule has 2 heterocycles. The minimum absolute atomic E-state index is 0.0423. The van der Waals surface area contributed by atoms with Crippen LogP contribution in [-0.2, 0) is 11.3 Å². The topological polar surface area (TPSA) is 101 Å². The summed E-state index contributed by atoms with van der Waals surface area (Å²) in [5, 5.41) is 16.5. The summed E-state index contributed by atoms with van der Waals surface area (Å²) in [6.07, 6.45) is 6.14. The molecule has 4 aromatic rings. The van der Waals surface area contributed by atoms with Crippen molar-refractivity contribution in [2.75, 3.05) is 17.6 Å². The number of thioether (sulfide) groups is 1. The highest BCUT2D eigenvalue weighted by Gasteiger charge is 2.21. The second-order valence-electron chi connectivity index (χ2n) is 10.4. The molecule has 0 spiro atoms. The van der Waals surface area contributed by atoms with E-state index in [2.05, 4.69) is 32.7 Å². The first-order valence-corrected chi connectivity index (χ1v) is 14.4. The molecule has 204 valence electrons. The van der Waals surface area contributed by atoms with Crippen LogP contribution in [0.3, 0.4) is 0 Å². The van der Waals surface area contributed by atoms with Crippen molar-refractivity contribution in [3.63, 3.8) is 0 Å². The number of halogens is 1. The number of benzene rings is 2. The van der Waals surface area contributed by atoms with Crippen LogP contribution >= 0.6 is 23.4 Å². The molecule has 1 aliphatic carbocycles. The zero-order chi connectivity index (χ0) is 27.4. The van der Waals surface area contributed by atoms with E-state index in [1.54, 1.807) is 19.9 Å². The molecule has 1 saturated carbocycles. The molecule has 8 nitrogen and oxygen atoms in total. The number of ether oxygens (including phenoxy) is 1. The molecule has 39 heavy (non-hydrogen) atoms. The highest BCUT2D eigenvalue weighted by Crippen LogP contribution is 2.37. The molecule has 2 aromatic carbocycles. The Balaban J connectivity index is 1.25. The average molecular weight is 566 g/mol. The number of rotatable bonds is 12. The second kappa shape index (κ2) is 11.9. The number of carbonyl (C=O) groups excluding carboxylic acids is 1. The standard InChI is InChI=1S/C29H32ClN5O3S/c1-29(2,37)16-26(36)31-11-13-35-12-10-24-27(35)28(33-18-32-24)34-20-8-9-25(23(30)14-20)38-21-4-3-5-22(15-21)39-17-19-6-7-19/h3-5,8-10,12,14-15,18-19,37H,6-7,11,13,16-17H2,1-2H3,(H,31,36)(H,32,33,34). The SMILES string of the molecule is CC(C)(O)CC(=O)NCCn1ccc2ncnc(Nc3ccc(Oc4cccc(SCC5CC5)c4)c(Cl)c3)c21. The van der Waals surface area contributed by atoms with Crippen molar-refractivity contribution >= 4 is 51.8 Å². The van der Waals surface area contributed by atoms with Gasteiger partial charge in [-0.05, 0) is 75.1 Å². The zero-order valence-electron chi connectivity index (χ0n) is 22.0. The fraction of sp³-hybridized carbons (Fsp3) is 0.345. The first kappa shape index (κ1) is 27.3. The van der Waals surface area contributed by atoms with Gasteiger partial charge in [0.05, 0.1) is 22.6 Å². The van der Waals surface area contributed by atoms with E-state index >= 15 is 0 Å². The van der Waals surface area contributed by atoms with Gasteiger partial charge in [-0.3, -0.25) is 4.79 Å². The van der Waals surface area contributed by atoms with E-state index in [0.29, 0.717) is 29.7 Å². The molecular formula is C29H32ClN5O3S. The lowest BCUT2D eigenvalue weighted by atomic mass is 10.1. The Morgan fingerprint density at radius 3 is 2.82 bits per heavy atom. The van der Waals surface area contributed by atoms with Gasteiger partial charge in [0.2, 0.25) is 5.91 Å². The summed E-state index contributed by atoms with van der Waals surface area (Å²) >= 11 is 8.47. The monoisotopic (exact) mass is 565 g/mol. The fourth-order valence-electron chi connectivity index (χ4n) is 4.13. The van der Waals surface area contributed by atoms with Crippen LogP contribution in [-0.4, -0.2) is 43.4 Å². The van der Waals surface area contributed by atoms with Crippen LogP contribution in [0.25, 0.3) is 11.0 Å². The molecule has 0 unspecified atom stereocenters. The van der Waals surface area contributed by atoms with Gasteiger partial charge in [0.1, 0.15) is 23.3 Å². The average Bonchev–Trinajstić information content (AvgIpc) is 3.62. The lowest BCUT2D eigenvalue weighted by Crippen LogP contribution is -2.33. The Kier molecular flexibility index (Phi) is 8.30. The van der Waals surface area contributed by atoms with Crippen molar-refractivity contribution in [2.24, 2.45) is 5.92 Å². The van der Waals surface area contributed by atoms with Gasteiger partial charge >= 0.3 is 0 Å². The number of anilines is 2. The van der Waals surface area contributed by atoms with Gasteiger partial charge in [0, 0.05) is 35.6 Å². The largest absolute Gasteiger partial charge is 0.456 e. The summed E-state index contributed by atoms with van der Waals surface area (Å²) in [5.41, 5.74) is 1.30. The van der Waals surface area contributed by atoms with Gasteiger partial charge in [-0.15, -0.1) is 11.8 Å². The molecule has 0 saturated heterocycles. The third-order valence-electron chi connectivity index (χ3n) is 6.23. The van der Waals surface area contributed by atoms with E-state index in [0.717, 1.165) is 34.1 Å². The van der Waals surface area contributed by atoms with Gasteiger partial charge in [-0.25, -0.2) is 9.97 Å². The van der Waals surface area contributed by atoms with E-state index in [1.165, 1.54) is 24.1 Å². The minimum Gasteiger partial charge on any atom is -0.456 e. The molecule has 10 heteroatoms. The number of nitrogens with one attached hydrogen (secondary N) is 2. The van der Waals surface area contributed by atoms with Crippen molar-refractivity contribution in [1.82, 2.24) is 19.9 Å². The van der Waals surface area contributed by atoms with Crippen LogP contribution in [0.5, 0.6) is 11.5 Å². The van der Waals surface area contributed by atoms with Crippen LogP contribution in [0, 0.1) is 5.92 Å². The predicted molar refractivity (Wildman–Crippen MR) is 156 cm³/mol. The van der Waals surface area contributed by atoms with E-state index < -0.39 is 5.60 Å². The van der Waals surface area contributed by atoms with Crippen molar-refractivity contribution in [2.45, 2.75) is 50.2 Å². The number of amides is 1. The summed E-state index contributed by atoms with van der Waals surface area (Å²) < 4.78 is 8.08. The minimum atomic E-state index is -1.05. The predicted octanol–water partition coefficient (Wildman–Crippen LogP) is 6.40. The number of aliphatic hydroxyl groups is 1. The summed E-state index contributed by atoms with van der Waals surface area (Å²) in [5.74, 6) is 3.76. The van der Waals surface area contributed by atoms with Gasteiger partial charge in [0.25, 0.3) is 0 Å². The number of hydrogen-bond donors (Lipinski definition) is 3. The maximum absolute atomic E-state index is 12.1. The quantitative estimate of drug-likeness (QED) is 0.171. The summed E-state index contributed by atoms with van der Waals surface area (Å²) in [7, 11) is 0. The lowest BCUT2D eigenvalue weighted by Gasteiger charge is -2.16. The number of carbonyl (C=O) groups is 1. The van der Waals surface area contributed by atoms with Crippen LogP contribution in [0.1, 0.15) is 33.1 Å². The van der Waals surface area contributed by atoms with Gasteiger partial charge in [-0.1, -0.05) is 17.7 Å². The molecule has 1 fully saturated rings. The van der Waals surface area contributed by atoms with Crippen molar-refractivity contribution in [3.8, 4) is 11.5 Å². The molecular weight excluding hydrogens is 534 g/mol. The zero-order valence-corrected chi connectivity index (χ0v) is 23.6. The second-order valence-corrected chi connectivity index (χ2v) is 11.9. The van der Waals surface area contributed by atoms with E-state index in [-0.39, 0.29) is 12.3 Å². The summed E-state index contributed by atoms with van der Waals surface area (Å²) in [6.45, 7) is 4.15. The number of aromatic nitrogens is 3. The Bertz CT molecular complexity index is 1470. The van der Waals surface area contributed by atoms with E-state index in [4.69, 9.17) is 16.3 Å². The number of hydrogen-bond acceptors (Lipinski definition) is 7. The number of fused-ring (bicyclic) bond motifs is 1.